The molecule has 90 valence electrons. The van der Waals surface area contributed by atoms with Crippen molar-refractivity contribution in [3.63, 3.8) is 0 Å². The van der Waals surface area contributed by atoms with Gasteiger partial charge in [-0.2, -0.15) is 5.10 Å². The summed E-state index contributed by atoms with van der Waals surface area (Å²) in [6.45, 7) is 0.638. The van der Waals surface area contributed by atoms with E-state index in [0.29, 0.717) is 12.5 Å². The van der Waals surface area contributed by atoms with Gasteiger partial charge in [0.1, 0.15) is 5.69 Å². The monoisotopic (exact) mass is 249 g/mol. The number of nitrogens with two attached hydrogens (primary N) is 1. The molecule has 17 heavy (non-hydrogen) atoms. The summed E-state index contributed by atoms with van der Waals surface area (Å²) in [6, 6.07) is 0. The highest BCUT2D eigenvalue weighted by atomic mass is 32.1. The van der Waals surface area contributed by atoms with Gasteiger partial charge in [-0.15, -0.1) is 11.3 Å². The lowest BCUT2D eigenvalue weighted by Gasteiger charge is -1.93. The SMILES string of the molecule is Cn1nc(C2CC2)nc1-c1csc(CCN)n1. The molecule has 1 aliphatic rings. The van der Waals surface area contributed by atoms with E-state index >= 15 is 0 Å². The van der Waals surface area contributed by atoms with Gasteiger partial charge >= 0.3 is 0 Å². The van der Waals surface area contributed by atoms with Crippen molar-refractivity contribution >= 4 is 11.3 Å². The summed E-state index contributed by atoms with van der Waals surface area (Å²) in [5.41, 5.74) is 6.44. The molecule has 2 aromatic heterocycles. The standard InChI is InChI=1S/C11H15N5S/c1-16-11(14-10(15-16)7-2-3-7)8-6-17-9(13-8)4-5-12/h6-7H,2-5,12H2,1H3. The van der Waals surface area contributed by atoms with Crippen LogP contribution in [0.4, 0.5) is 0 Å². The van der Waals surface area contributed by atoms with Crippen molar-refractivity contribution in [2.24, 2.45) is 12.8 Å². The van der Waals surface area contributed by atoms with Gasteiger partial charge in [0.15, 0.2) is 11.6 Å². The van der Waals surface area contributed by atoms with Gasteiger partial charge in [0, 0.05) is 24.8 Å². The van der Waals surface area contributed by atoms with Gasteiger partial charge in [-0.25, -0.2) is 14.6 Å². The average Bonchev–Trinajstić information content (AvgIpc) is 2.94. The first-order chi connectivity index (χ1) is 8.28. The summed E-state index contributed by atoms with van der Waals surface area (Å²) in [5, 5.41) is 7.55. The normalized spacial score (nSPS) is 15.4. The minimum atomic E-state index is 0.581. The topological polar surface area (TPSA) is 69.6 Å². The molecular weight excluding hydrogens is 234 g/mol. The minimum Gasteiger partial charge on any atom is -0.330 e. The number of aromatic nitrogens is 4. The average molecular weight is 249 g/mol. The van der Waals surface area contributed by atoms with Crippen molar-refractivity contribution in [2.75, 3.05) is 6.54 Å². The molecule has 3 rings (SSSR count). The second kappa shape index (κ2) is 4.19. The van der Waals surface area contributed by atoms with Crippen molar-refractivity contribution in [2.45, 2.75) is 25.2 Å². The van der Waals surface area contributed by atoms with E-state index in [-0.39, 0.29) is 0 Å². The molecule has 2 N–H and O–H groups in total. The third kappa shape index (κ3) is 2.10. The van der Waals surface area contributed by atoms with Crippen molar-refractivity contribution in [3.8, 4) is 11.5 Å². The number of thiazole rings is 1. The maximum absolute atomic E-state index is 5.52. The van der Waals surface area contributed by atoms with Crippen molar-refractivity contribution < 1.29 is 0 Å². The number of nitrogens with zero attached hydrogens (tertiary/aromatic N) is 4. The molecule has 0 bridgehead atoms. The number of hydrogen-bond acceptors (Lipinski definition) is 5. The van der Waals surface area contributed by atoms with Crippen LogP contribution in [-0.2, 0) is 13.5 Å². The Bertz CT molecular complexity index is 526. The van der Waals surface area contributed by atoms with Crippen LogP contribution >= 0.6 is 11.3 Å². The predicted octanol–water partition coefficient (Wildman–Crippen LogP) is 1.32. The zero-order chi connectivity index (χ0) is 11.8. The van der Waals surface area contributed by atoms with Crippen molar-refractivity contribution in [1.82, 2.24) is 19.7 Å². The molecule has 0 aliphatic heterocycles. The Labute approximate surface area is 104 Å². The van der Waals surface area contributed by atoms with Crippen LogP contribution in [0.15, 0.2) is 5.38 Å². The first-order valence-electron chi connectivity index (χ1n) is 5.83. The number of aryl methyl sites for hydroxylation is 1. The smallest absolute Gasteiger partial charge is 0.177 e. The molecular formula is C11H15N5S. The second-order valence-corrected chi connectivity index (χ2v) is 5.30. The number of rotatable bonds is 4. The van der Waals surface area contributed by atoms with Crippen LogP contribution in [0.25, 0.3) is 11.5 Å². The maximum atomic E-state index is 5.52. The highest BCUT2D eigenvalue weighted by Crippen LogP contribution is 2.38. The fraction of sp³-hybridized carbons (Fsp3) is 0.545. The molecule has 5 nitrogen and oxygen atoms in total. The molecule has 0 radical (unpaired) electrons. The Balaban J connectivity index is 1.90. The lowest BCUT2D eigenvalue weighted by atomic mass is 10.4. The Hall–Kier alpha value is -1.27. The van der Waals surface area contributed by atoms with Gasteiger partial charge in [-0.3, -0.25) is 0 Å². The second-order valence-electron chi connectivity index (χ2n) is 4.36. The molecule has 2 heterocycles. The van der Waals surface area contributed by atoms with E-state index in [4.69, 9.17) is 5.73 Å². The summed E-state index contributed by atoms with van der Waals surface area (Å²) >= 11 is 1.64. The van der Waals surface area contributed by atoms with E-state index in [0.717, 1.165) is 28.8 Å². The van der Waals surface area contributed by atoms with Crippen LogP contribution in [0.2, 0.25) is 0 Å². The van der Waals surface area contributed by atoms with Crippen LogP contribution in [0.3, 0.4) is 0 Å². The lowest BCUT2D eigenvalue weighted by molar-refractivity contribution is 0.748. The van der Waals surface area contributed by atoms with Gasteiger partial charge in [-0.1, -0.05) is 0 Å². The number of hydrogen-bond donors (Lipinski definition) is 1. The van der Waals surface area contributed by atoms with Crippen LogP contribution in [0.5, 0.6) is 0 Å². The fourth-order valence-corrected chi connectivity index (χ4v) is 2.59. The van der Waals surface area contributed by atoms with E-state index in [9.17, 15) is 0 Å². The van der Waals surface area contributed by atoms with E-state index in [1.54, 1.807) is 11.3 Å². The van der Waals surface area contributed by atoms with Crippen LogP contribution in [0.1, 0.15) is 29.6 Å². The molecule has 1 fully saturated rings. The molecule has 0 atom stereocenters. The van der Waals surface area contributed by atoms with E-state index in [1.807, 2.05) is 17.1 Å². The maximum Gasteiger partial charge on any atom is 0.177 e. The molecule has 1 aliphatic carbocycles. The third-order valence-corrected chi connectivity index (χ3v) is 3.77. The molecule has 0 amide bonds. The summed E-state index contributed by atoms with van der Waals surface area (Å²) in [5.74, 6) is 2.42. The van der Waals surface area contributed by atoms with Gasteiger partial charge < -0.3 is 5.73 Å². The summed E-state index contributed by atoms with van der Waals surface area (Å²) < 4.78 is 1.83. The van der Waals surface area contributed by atoms with Gasteiger partial charge in [0.2, 0.25) is 0 Å². The fourth-order valence-electron chi connectivity index (χ4n) is 1.79. The van der Waals surface area contributed by atoms with Crippen molar-refractivity contribution in [1.29, 1.82) is 0 Å². The van der Waals surface area contributed by atoms with Gasteiger partial charge in [-0.05, 0) is 19.4 Å². The quantitative estimate of drug-likeness (QED) is 0.887. The lowest BCUT2D eigenvalue weighted by Crippen LogP contribution is -2.02. The molecule has 0 unspecified atom stereocenters. The summed E-state index contributed by atoms with van der Waals surface area (Å²) in [6.07, 6.45) is 3.27. The van der Waals surface area contributed by atoms with Crippen molar-refractivity contribution in [3.05, 3.63) is 16.2 Å². The Morgan fingerprint density at radius 1 is 1.47 bits per heavy atom. The summed E-state index contributed by atoms with van der Waals surface area (Å²) in [7, 11) is 1.93. The third-order valence-electron chi connectivity index (χ3n) is 2.86. The highest BCUT2D eigenvalue weighted by molar-refractivity contribution is 7.09. The van der Waals surface area contributed by atoms with E-state index in [1.165, 1.54) is 12.8 Å². The molecule has 0 aromatic carbocycles. The van der Waals surface area contributed by atoms with Crippen LogP contribution in [-0.4, -0.2) is 26.3 Å². The van der Waals surface area contributed by atoms with Crippen LogP contribution in [0, 0.1) is 0 Å². The largest absolute Gasteiger partial charge is 0.330 e. The van der Waals surface area contributed by atoms with Crippen LogP contribution < -0.4 is 5.73 Å². The molecule has 6 heteroatoms. The first-order valence-corrected chi connectivity index (χ1v) is 6.71. The first kappa shape index (κ1) is 10.9. The Morgan fingerprint density at radius 2 is 2.29 bits per heavy atom. The predicted molar refractivity (Wildman–Crippen MR) is 66.8 cm³/mol. The zero-order valence-electron chi connectivity index (χ0n) is 9.76. The minimum absolute atomic E-state index is 0.581. The Kier molecular flexibility index (Phi) is 2.68. The van der Waals surface area contributed by atoms with Gasteiger partial charge in [0.25, 0.3) is 0 Å². The highest BCUT2D eigenvalue weighted by Gasteiger charge is 2.29. The van der Waals surface area contributed by atoms with E-state index < -0.39 is 0 Å². The zero-order valence-corrected chi connectivity index (χ0v) is 10.6. The van der Waals surface area contributed by atoms with Gasteiger partial charge in [0.05, 0.1) is 5.01 Å². The van der Waals surface area contributed by atoms with E-state index in [2.05, 4.69) is 15.1 Å². The Morgan fingerprint density at radius 3 is 3.00 bits per heavy atom. The molecule has 0 saturated heterocycles. The molecule has 2 aromatic rings. The molecule has 0 spiro atoms. The molecule has 1 saturated carbocycles. The summed E-state index contributed by atoms with van der Waals surface area (Å²) in [4.78, 5) is 9.12.